The summed E-state index contributed by atoms with van der Waals surface area (Å²) in [4.78, 5) is 23.3. The van der Waals surface area contributed by atoms with Gasteiger partial charge < -0.3 is 10.2 Å². The Labute approximate surface area is 150 Å². The SMILES string of the molecule is CNc1ccnc(N2CCC(c3n[nH]c(=O)n3-c3ccccc3)CC2)n1. The molecule has 0 atom stereocenters. The van der Waals surface area contributed by atoms with Crippen LogP contribution in [0, 0.1) is 0 Å². The van der Waals surface area contributed by atoms with Gasteiger partial charge in [-0.15, -0.1) is 0 Å². The summed E-state index contributed by atoms with van der Waals surface area (Å²) in [5, 5.41) is 9.95. The van der Waals surface area contributed by atoms with E-state index in [0.717, 1.165) is 49.2 Å². The van der Waals surface area contributed by atoms with E-state index in [2.05, 4.69) is 30.4 Å². The summed E-state index contributed by atoms with van der Waals surface area (Å²) < 4.78 is 1.68. The Morgan fingerprint density at radius 2 is 1.92 bits per heavy atom. The third-order valence-electron chi connectivity index (χ3n) is 4.75. The van der Waals surface area contributed by atoms with Crippen molar-refractivity contribution in [3.8, 4) is 5.69 Å². The quantitative estimate of drug-likeness (QED) is 0.744. The monoisotopic (exact) mass is 351 g/mol. The van der Waals surface area contributed by atoms with Crippen LogP contribution in [-0.4, -0.2) is 44.9 Å². The second-order valence-electron chi connectivity index (χ2n) is 6.31. The molecule has 0 bridgehead atoms. The van der Waals surface area contributed by atoms with Gasteiger partial charge >= 0.3 is 5.69 Å². The van der Waals surface area contributed by atoms with Crippen molar-refractivity contribution in [1.82, 2.24) is 24.7 Å². The zero-order chi connectivity index (χ0) is 17.9. The molecule has 0 amide bonds. The average molecular weight is 351 g/mol. The van der Waals surface area contributed by atoms with Crippen molar-refractivity contribution in [3.63, 3.8) is 0 Å². The highest BCUT2D eigenvalue weighted by molar-refractivity contribution is 5.41. The lowest BCUT2D eigenvalue weighted by atomic mass is 9.96. The molecule has 3 heterocycles. The first-order chi connectivity index (χ1) is 12.8. The van der Waals surface area contributed by atoms with Gasteiger partial charge in [-0.1, -0.05) is 18.2 Å². The first-order valence-corrected chi connectivity index (χ1v) is 8.75. The van der Waals surface area contributed by atoms with E-state index in [1.165, 1.54) is 0 Å². The standard InChI is InChI=1S/C18H21N7O/c1-19-15-7-10-20-17(21-15)24-11-8-13(9-12-24)16-22-23-18(26)25(16)14-5-3-2-4-6-14/h2-7,10,13H,8-9,11-12H2,1H3,(H,23,26)(H,19,20,21). The van der Waals surface area contributed by atoms with Crippen LogP contribution in [0.15, 0.2) is 47.4 Å². The molecule has 26 heavy (non-hydrogen) atoms. The fourth-order valence-corrected chi connectivity index (χ4v) is 3.39. The van der Waals surface area contributed by atoms with Crippen LogP contribution in [-0.2, 0) is 0 Å². The van der Waals surface area contributed by atoms with Gasteiger partial charge in [-0.05, 0) is 31.0 Å². The molecule has 0 radical (unpaired) electrons. The van der Waals surface area contributed by atoms with Crippen LogP contribution in [0.1, 0.15) is 24.6 Å². The number of hydrogen-bond donors (Lipinski definition) is 2. The molecule has 0 unspecified atom stereocenters. The molecule has 4 rings (SSSR count). The average Bonchev–Trinajstić information content (AvgIpc) is 3.10. The molecule has 134 valence electrons. The van der Waals surface area contributed by atoms with Crippen LogP contribution in [0.4, 0.5) is 11.8 Å². The highest BCUT2D eigenvalue weighted by Gasteiger charge is 2.27. The fraction of sp³-hybridized carbons (Fsp3) is 0.333. The number of rotatable bonds is 4. The molecular formula is C18H21N7O. The molecule has 1 aliphatic rings. The lowest BCUT2D eigenvalue weighted by Gasteiger charge is -2.31. The molecule has 1 aromatic carbocycles. The van der Waals surface area contributed by atoms with Crippen molar-refractivity contribution >= 4 is 11.8 Å². The van der Waals surface area contributed by atoms with Crippen molar-refractivity contribution in [2.24, 2.45) is 0 Å². The first kappa shape index (κ1) is 16.3. The molecule has 2 N–H and O–H groups in total. The fourth-order valence-electron chi connectivity index (χ4n) is 3.39. The van der Waals surface area contributed by atoms with Crippen molar-refractivity contribution in [2.45, 2.75) is 18.8 Å². The Hall–Kier alpha value is -3.16. The van der Waals surface area contributed by atoms with Gasteiger partial charge in [0.15, 0.2) is 0 Å². The zero-order valence-electron chi connectivity index (χ0n) is 14.6. The van der Waals surface area contributed by atoms with E-state index in [1.54, 1.807) is 10.8 Å². The Balaban J connectivity index is 1.53. The maximum atomic E-state index is 12.2. The summed E-state index contributed by atoms with van der Waals surface area (Å²) in [5.74, 6) is 2.56. The molecule has 1 saturated heterocycles. The molecule has 1 fully saturated rings. The Kier molecular flexibility index (Phi) is 4.39. The summed E-state index contributed by atoms with van der Waals surface area (Å²) in [7, 11) is 1.85. The maximum Gasteiger partial charge on any atom is 0.347 e. The predicted octanol–water partition coefficient (Wildman–Crippen LogP) is 1.78. The van der Waals surface area contributed by atoms with Gasteiger partial charge in [-0.3, -0.25) is 0 Å². The minimum absolute atomic E-state index is 0.196. The van der Waals surface area contributed by atoms with E-state index in [1.807, 2.05) is 43.4 Å². The molecule has 8 heteroatoms. The van der Waals surface area contributed by atoms with E-state index in [9.17, 15) is 4.79 Å². The molecule has 0 spiro atoms. The number of para-hydroxylation sites is 1. The van der Waals surface area contributed by atoms with Crippen LogP contribution >= 0.6 is 0 Å². The molecule has 8 nitrogen and oxygen atoms in total. The second kappa shape index (κ2) is 6.99. The molecule has 0 aliphatic carbocycles. The van der Waals surface area contributed by atoms with Gasteiger partial charge in [0.2, 0.25) is 5.95 Å². The molecule has 1 aliphatic heterocycles. The first-order valence-electron chi connectivity index (χ1n) is 8.75. The van der Waals surface area contributed by atoms with Crippen molar-refractivity contribution < 1.29 is 0 Å². The van der Waals surface area contributed by atoms with Crippen LogP contribution in [0.3, 0.4) is 0 Å². The van der Waals surface area contributed by atoms with E-state index < -0.39 is 0 Å². The molecular weight excluding hydrogens is 330 g/mol. The third-order valence-corrected chi connectivity index (χ3v) is 4.75. The number of H-pyrrole nitrogens is 1. The number of anilines is 2. The van der Waals surface area contributed by atoms with Crippen LogP contribution in [0.5, 0.6) is 0 Å². The van der Waals surface area contributed by atoms with Gasteiger partial charge in [0.05, 0.1) is 5.69 Å². The molecule has 0 saturated carbocycles. The van der Waals surface area contributed by atoms with Gasteiger partial charge in [0.25, 0.3) is 0 Å². The summed E-state index contributed by atoms with van der Waals surface area (Å²) in [6, 6.07) is 11.5. The number of aromatic amines is 1. The number of nitrogens with one attached hydrogen (secondary N) is 2. The van der Waals surface area contributed by atoms with Crippen molar-refractivity contribution in [1.29, 1.82) is 0 Å². The number of piperidine rings is 1. The van der Waals surface area contributed by atoms with Gasteiger partial charge in [0, 0.05) is 32.3 Å². The van der Waals surface area contributed by atoms with Gasteiger partial charge in [0.1, 0.15) is 11.6 Å². The summed E-state index contributed by atoms with van der Waals surface area (Å²) in [6.07, 6.45) is 3.55. The van der Waals surface area contributed by atoms with Gasteiger partial charge in [-0.2, -0.15) is 10.1 Å². The highest BCUT2D eigenvalue weighted by atomic mass is 16.1. The Morgan fingerprint density at radius 3 is 2.65 bits per heavy atom. The molecule has 3 aromatic rings. The summed E-state index contributed by atoms with van der Waals surface area (Å²) >= 11 is 0. The maximum absolute atomic E-state index is 12.2. The van der Waals surface area contributed by atoms with Crippen LogP contribution in [0.2, 0.25) is 0 Å². The predicted molar refractivity (Wildman–Crippen MR) is 100.0 cm³/mol. The molecule has 2 aromatic heterocycles. The summed E-state index contributed by atoms with van der Waals surface area (Å²) in [5.41, 5.74) is 0.646. The Morgan fingerprint density at radius 1 is 1.15 bits per heavy atom. The summed E-state index contributed by atoms with van der Waals surface area (Å²) in [6.45, 7) is 1.65. The lowest BCUT2D eigenvalue weighted by molar-refractivity contribution is 0.475. The normalized spacial score (nSPS) is 15.2. The van der Waals surface area contributed by atoms with Crippen LogP contribution in [0.25, 0.3) is 5.69 Å². The Bertz CT molecular complexity index is 926. The zero-order valence-corrected chi connectivity index (χ0v) is 14.6. The highest BCUT2D eigenvalue weighted by Crippen LogP contribution is 2.28. The number of aromatic nitrogens is 5. The van der Waals surface area contributed by atoms with E-state index in [-0.39, 0.29) is 11.6 Å². The van der Waals surface area contributed by atoms with E-state index in [4.69, 9.17) is 0 Å². The number of hydrogen-bond acceptors (Lipinski definition) is 6. The second-order valence-corrected chi connectivity index (χ2v) is 6.31. The topological polar surface area (TPSA) is 91.7 Å². The van der Waals surface area contributed by atoms with Crippen LogP contribution < -0.4 is 15.9 Å². The van der Waals surface area contributed by atoms with E-state index >= 15 is 0 Å². The lowest BCUT2D eigenvalue weighted by Crippen LogP contribution is -2.35. The third kappa shape index (κ3) is 3.05. The minimum atomic E-state index is -0.196. The van der Waals surface area contributed by atoms with E-state index in [0.29, 0.717) is 0 Å². The number of benzene rings is 1. The van der Waals surface area contributed by atoms with Gasteiger partial charge in [-0.25, -0.2) is 19.4 Å². The minimum Gasteiger partial charge on any atom is -0.373 e. The number of nitrogens with zero attached hydrogens (tertiary/aromatic N) is 5. The van der Waals surface area contributed by atoms with Crippen molar-refractivity contribution in [2.75, 3.05) is 30.4 Å². The smallest absolute Gasteiger partial charge is 0.347 e. The van der Waals surface area contributed by atoms with Crippen molar-refractivity contribution in [3.05, 3.63) is 58.9 Å². The largest absolute Gasteiger partial charge is 0.373 e.